The Morgan fingerprint density at radius 1 is 1.19 bits per heavy atom. The minimum Gasteiger partial charge on any atom is -0.426 e. The van der Waals surface area contributed by atoms with E-state index < -0.39 is 0 Å². The molecule has 106 valence electrons. The van der Waals surface area contributed by atoms with Gasteiger partial charge in [0, 0.05) is 30.7 Å². The smallest absolute Gasteiger partial charge is 0.308 e. The van der Waals surface area contributed by atoms with E-state index in [0.29, 0.717) is 10.9 Å². The number of rotatable bonds is 2. The fraction of sp³-hybridized carbons (Fsp3) is 0.133. The lowest BCUT2D eigenvalue weighted by Crippen LogP contribution is -2.04. The Bertz CT molecular complexity index is 870. The minimum absolute atomic E-state index is 0.168. The SMILES string of the molecule is CC(=O)Nc1nc2c(cc(OC(C)=O)c3ccccc32)s1. The van der Waals surface area contributed by atoms with Crippen molar-refractivity contribution in [1.82, 2.24) is 4.98 Å². The standard InChI is InChI=1S/C15H12N2O3S/c1-8(18)16-15-17-14-11-6-4-3-5-10(11)12(20-9(2)19)7-13(14)21-15/h3-7H,1-2H3,(H,16,17,18). The number of ether oxygens (including phenoxy) is 1. The number of carbonyl (C=O) groups excluding carboxylic acids is 2. The number of amides is 1. The van der Waals surface area contributed by atoms with Gasteiger partial charge in [-0.25, -0.2) is 4.98 Å². The van der Waals surface area contributed by atoms with E-state index in [4.69, 9.17) is 4.74 Å². The average Bonchev–Trinajstić information content (AvgIpc) is 2.80. The van der Waals surface area contributed by atoms with Crippen LogP contribution in [0.4, 0.5) is 5.13 Å². The molecule has 0 aliphatic rings. The molecular weight excluding hydrogens is 288 g/mol. The van der Waals surface area contributed by atoms with E-state index in [1.165, 1.54) is 25.2 Å². The normalized spacial score (nSPS) is 10.8. The van der Waals surface area contributed by atoms with Crippen LogP contribution in [-0.4, -0.2) is 16.9 Å². The molecule has 0 aliphatic carbocycles. The second-order valence-electron chi connectivity index (χ2n) is 4.56. The van der Waals surface area contributed by atoms with Gasteiger partial charge in [0.25, 0.3) is 0 Å². The third-order valence-electron chi connectivity index (χ3n) is 2.90. The number of fused-ring (bicyclic) bond motifs is 3. The molecule has 6 heteroatoms. The molecule has 3 aromatic rings. The molecule has 0 bridgehead atoms. The van der Waals surface area contributed by atoms with Crippen LogP contribution in [0.2, 0.25) is 0 Å². The number of aromatic nitrogens is 1. The molecule has 0 unspecified atom stereocenters. The Kier molecular flexibility index (Phi) is 3.31. The first-order chi connectivity index (χ1) is 10.0. The van der Waals surface area contributed by atoms with Crippen molar-refractivity contribution in [3.8, 4) is 5.75 Å². The maximum atomic E-state index is 11.3. The van der Waals surface area contributed by atoms with Crippen molar-refractivity contribution in [1.29, 1.82) is 0 Å². The number of esters is 1. The van der Waals surface area contributed by atoms with Crippen molar-refractivity contribution in [2.45, 2.75) is 13.8 Å². The summed E-state index contributed by atoms with van der Waals surface area (Å²) >= 11 is 1.35. The molecule has 0 saturated carbocycles. The van der Waals surface area contributed by atoms with Crippen LogP contribution in [0, 0.1) is 0 Å². The summed E-state index contributed by atoms with van der Waals surface area (Å²) in [6.45, 7) is 2.81. The number of benzene rings is 2. The van der Waals surface area contributed by atoms with Gasteiger partial charge in [-0.2, -0.15) is 0 Å². The second kappa shape index (κ2) is 5.14. The van der Waals surface area contributed by atoms with Crippen LogP contribution in [0.5, 0.6) is 5.75 Å². The molecule has 3 rings (SSSR count). The van der Waals surface area contributed by atoms with Crippen LogP contribution >= 0.6 is 11.3 Å². The molecule has 0 fully saturated rings. The van der Waals surface area contributed by atoms with Crippen molar-refractivity contribution < 1.29 is 14.3 Å². The number of hydrogen-bond donors (Lipinski definition) is 1. The zero-order chi connectivity index (χ0) is 15.0. The number of thiazole rings is 1. The number of anilines is 1. The van der Waals surface area contributed by atoms with E-state index in [2.05, 4.69) is 10.3 Å². The Morgan fingerprint density at radius 3 is 2.57 bits per heavy atom. The second-order valence-corrected chi connectivity index (χ2v) is 5.59. The molecule has 21 heavy (non-hydrogen) atoms. The number of nitrogens with one attached hydrogen (secondary N) is 1. The number of hydrogen-bond acceptors (Lipinski definition) is 5. The lowest BCUT2D eigenvalue weighted by Gasteiger charge is -2.06. The molecule has 1 heterocycles. The van der Waals surface area contributed by atoms with Crippen molar-refractivity contribution in [2.75, 3.05) is 5.32 Å². The van der Waals surface area contributed by atoms with Crippen LogP contribution < -0.4 is 10.1 Å². The predicted octanol–water partition coefficient (Wildman–Crippen LogP) is 3.33. The van der Waals surface area contributed by atoms with Crippen molar-refractivity contribution in [3.63, 3.8) is 0 Å². The summed E-state index contributed by atoms with van der Waals surface area (Å²) in [5.74, 6) is -0.0340. The minimum atomic E-state index is -0.369. The lowest BCUT2D eigenvalue weighted by atomic mass is 10.1. The first kappa shape index (κ1) is 13.5. The van der Waals surface area contributed by atoms with Gasteiger partial charge >= 0.3 is 5.97 Å². The summed E-state index contributed by atoms with van der Waals surface area (Å²) in [5, 5.41) is 4.92. The zero-order valence-electron chi connectivity index (χ0n) is 11.5. The van der Waals surface area contributed by atoms with E-state index in [1.54, 1.807) is 6.07 Å². The summed E-state index contributed by atoms with van der Waals surface area (Å²) in [6.07, 6.45) is 0. The van der Waals surface area contributed by atoms with Crippen LogP contribution in [-0.2, 0) is 9.59 Å². The molecule has 0 atom stereocenters. The highest BCUT2D eigenvalue weighted by molar-refractivity contribution is 7.22. The molecule has 0 spiro atoms. The average molecular weight is 300 g/mol. The number of nitrogens with zero attached hydrogens (tertiary/aromatic N) is 1. The molecule has 1 aromatic heterocycles. The zero-order valence-corrected chi connectivity index (χ0v) is 12.3. The maximum Gasteiger partial charge on any atom is 0.308 e. The maximum absolute atomic E-state index is 11.3. The molecule has 5 nitrogen and oxygen atoms in total. The van der Waals surface area contributed by atoms with Gasteiger partial charge < -0.3 is 10.1 Å². The van der Waals surface area contributed by atoms with Crippen LogP contribution in [0.15, 0.2) is 30.3 Å². The topological polar surface area (TPSA) is 68.3 Å². The van der Waals surface area contributed by atoms with E-state index in [0.717, 1.165) is 21.0 Å². The van der Waals surface area contributed by atoms with Gasteiger partial charge in [-0.1, -0.05) is 35.6 Å². The van der Waals surface area contributed by atoms with E-state index >= 15 is 0 Å². The van der Waals surface area contributed by atoms with Gasteiger partial charge in [0.05, 0.1) is 10.2 Å². The van der Waals surface area contributed by atoms with Gasteiger partial charge in [-0.05, 0) is 0 Å². The largest absolute Gasteiger partial charge is 0.426 e. The van der Waals surface area contributed by atoms with E-state index in [1.807, 2.05) is 24.3 Å². The summed E-state index contributed by atoms with van der Waals surface area (Å²) in [7, 11) is 0. The van der Waals surface area contributed by atoms with E-state index in [-0.39, 0.29) is 11.9 Å². The Balaban J connectivity index is 2.27. The molecule has 0 radical (unpaired) electrons. The summed E-state index contributed by atoms with van der Waals surface area (Å²) in [6, 6.07) is 9.35. The van der Waals surface area contributed by atoms with Crippen molar-refractivity contribution >= 4 is 49.3 Å². The quantitative estimate of drug-likeness (QED) is 0.582. The van der Waals surface area contributed by atoms with Gasteiger partial charge in [0.2, 0.25) is 5.91 Å². The lowest BCUT2D eigenvalue weighted by molar-refractivity contribution is -0.131. The molecule has 0 aliphatic heterocycles. The highest BCUT2D eigenvalue weighted by Crippen LogP contribution is 2.37. The monoisotopic (exact) mass is 300 g/mol. The highest BCUT2D eigenvalue weighted by atomic mass is 32.1. The Hall–Kier alpha value is -2.47. The summed E-state index contributed by atoms with van der Waals surface area (Å²) in [4.78, 5) is 26.9. The summed E-state index contributed by atoms with van der Waals surface area (Å²) in [5.41, 5.74) is 0.787. The molecule has 2 aromatic carbocycles. The number of carbonyl (C=O) groups is 2. The Labute approximate surface area is 124 Å². The first-order valence-corrected chi connectivity index (χ1v) is 7.14. The third kappa shape index (κ3) is 2.57. The third-order valence-corrected chi connectivity index (χ3v) is 3.82. The fourth-order valence-corrected chi connectivity index (χ4v) is 3.13. The Morgan fingerprint density at radius 2 is 1.90 bits per heavy atom. The van der Waals surface area contributed by atoms with Gasteiger partial charge in [-0.3, -0.25) is 9.59 Å². The highest BCUT2D eigenvalue weighted by Gasteiger charge is 2.13. The van der Waals surface area contributed by atoms with Crippen LogP contribution in [0.1, 0.15) is 13.8 Å². The van der Waals surface area contributed by atoms with Crippen LogP contribution in [0.3, 0.4) is 0 Å². The van der Waals surface area contributed by atoms with Crippen molar-refractivity contribution in [3.05, 3.63) is 30.3 Å². The van der Waals surface area contributed by atoms with Gasteiger partial charge in [0.15, 0.2) is 5.13 Å². The van der Waals surface area contributed by atoms with Gasteiger partial charge in [-0.15, -0.1) is 0 Å². The molecule has 1 N–H and O–H groups in total. The van der Waals surface area contributed by atoms with Crippen molar-refractivity contribution in [2.24, 2.45) is 0 Å². The molecule has 1 amide bonds. The molecule has 0 saturated heterocycles. The van der Waals surface area contributed by atoms with Crippen LogP contribution in [0.25, 0.3) is 21.0 Å². The first-order valence-electron chi connectivity index (χ1n) is 6.33. The summed E-state index contributed by atoms with van der Waals surface area (Å²) < 4.78 is 6.13. The fourth-order valence-electron chi connectivity index (χ4n) is 2.17. The van der Waals surface area contributed by atoms with E-state index in [9.17, 15) is 9.59 Å². The van der Waals surface area contributed by atoms with Gasteiger partial charge in [0.1, 0.15) is 5.75 Å². The predicted molar refractivity (Wildman–Crippen MR) is 82.7 cm³/mol. The molecular formula is C15H12N2O3S.